The molecule has 0 unspecified atom stereocenters. The minimum atomic E-state index is -0.538. The van der Waals surface area contributed by atoms with E-state index in [9.17, 15) is 9.59 Å². The zero-order valence-corrected chi connectivity index (χ0v) is 17.0. The van der Waals surface area contributed by atoms with E-state index in [4.69, 9.17) is 0 Å². The molecule has 0 saturated heterocycles. The van der Waals surface area contributed by atoms with Gasteiger partial charge in [0.25, 0.3) is 0 Å². The Hall–Kier alpha value is -2.62. The maximum absolute atomic E-state index is 13.2. The smallest absolute Gasteiger partial charge is 0.242 e. The molecule has 0 spiro atoms. The first-order valence-electron chi connectivity index (χ1n) is 9.48. The Labute approximate surface area is 162 Å². The van der Waals surface area contributed by atoms with Gasteiger partial charge in [0, 0.05) is 12.6 Å². The lowest BCUT2D eigenvalue weighted by molar-refractivity contribution is -0.140. The predicted octanol–water partition coefficient (Wildman–Crippen LogP) is 3.79. The molecule has 0 aliphatic heterocycles. The van der Waals surface area contributed by atoms with Crippen LogP contribution >= 0.6 is 0 Å². The molecule has 0 aromatic heterocycles. The molecule has 0 fully saturated rings. The van der Waals surface area contributed by atoms with Crippen molar-refractivity contribution in [2.45, 2.75) is 59.7 Å². The number of hydrogen-bond acceptors (Lipinski definition) is 2. The molecule has 27 heavy (non-hydrogen) atoms. The van der Waals surface area contributed by atoms with Crippen molar-refractivity contribution in [3.63, 3.8) is 0 Å². The van der Waals surface area contributed by atoms with Gasteiger partial charge in [-0.25, -0.2) is 0 Å². The molecule has 0 aliphatic carbocycles. The highest BCUT2D eigenvalue weighted by Gasteiger charge is 2.27. The fraction of sp³-hybridized carbons (Fsp3) is 0.391. The number of carbonyl (C=O) groups excluding carboxylic acids is 2. The van der Waals surface area contributed by atoms with Crippen LogP contribution in [-0.4, -0.2) is 28.8 Å². The molecule has 1 atom stereocenters. The van der Waals surface area contributed by atoms with Gasteiger partial charge in [-0.15, -0.1) is 0 Å². The number of amides is 2. The standard InChI is InChI=1S/C23H30N2O2/c1-16(2)24-23(27)19(5)25(15-21-13-9-7-11-18(21)4)22(26)14-20-12-8-6-10-17(20)3/h6-13,16,19H,14-15H2,1-5H3,(H,24,27)/t19-/m1/s1. The van der Waals surface area contributed by atoms with Gasteiger partial charge in [-0.05, 0) is 56.9 Å². The van der Waals surface area contributed by atoms with Crippen molar-refractivity contribution in [1.29, 1.82) is 0 Å². The average molecular weight is 367 g/mol. The van der Waals surface area contributed by atoms with E-state index in [1.807, 2.05) is 76.2 Å². The third kappa shape index (κ3) is 5.68. The topological polar surface area (TPSA) is 49.4 Å². The van der Waals surface area contributed by atoms with Crippen LogP contribution in [0.5, 0.6) is 0 Å². The van der Waals surface area contributed by atoms with Crippen LogP contribution in [0.3, 0.4) is 0 Å². The summed E-state index contributed by atoms with van der Waals surface area (Å²) in [6, 6.07) is 15.4. The number of carbonyl (C=O) groups is 2. The molecule has 0 aliphatic rings. The molecule has 4 nitrogen and oxygen atoms in total. The van der Waals surface area contributed by atoms with Crippen molar-refractivity contribution in [1.82, 2.24) is 10.2 Å². The lowest BCUT2D eigenvalue weighted by Crippen LogP contribution is -2.49. The number of hydrogen-bond donors (Lipinski definition) is 1. The molecular weight excluding hydrogens is 336 g/mol. The van der Waals surface area contributed by atoms with Crippen molar-refractivity contribution in [3.05, 3.63) is 70.8 Å². The van der Waals surface area contributed by atoms with E-state index in [1.165, 1.54) is 0 Å². The SMILES string of the molecule is Cc1ccccc1CC(=O)N(Cc1ccccc1C)[C@H](C)C(=O)NC(C)C. The highest BCUT2D eigenvalue weighted by Crippen LogP contribution is 2.16. The Morgan fingerprint density at radius 3 is 1.93 bits per heavy atom. The Kier molecular flexibility index (Phi) is 7.17. The zero-order chi connectivity index (χ0) is 20.0. The third-order valence-corrected chi connectivity index (χ3v) is 4.80. The summed E-state index contributed by atoms with van der Waals surface area (Å²) in [5.74, 6) is -0.171. The Balaban J connectivity index is 2.27. The van der Waals surface area contributed by atoms with Gasteiger partial charge in [-0.3, -0.25) is 9.59 Å². The van der Waals surface area contributed by atoms with Crippen LogP contribution in [0, 0.1) is 13.8 Å². The summed E-state index contributed by atoms with van der Waals surface area (Å²) in [6.45, 7) is 10.1. The molecule has 0 saturated carbocycles. The summed E-state index contributed by atoms with van der Waals surface area (Å²) in [5, 5.41) is 2.92. The second-order valence-electron chi connectivity index (χ2n) is 7.39. The number of nitrogens with zero attached hydrogens (tertiary/aromatic N) is 1. The second-order valence-corrected chi connectivity index (χ2v) is 7.39. The molecule has 0 radical (unpaired) electrons. The quantitative estimate of drug-likeness (QED) is 0.810. The molecule has 2 rings (SSSR count). The molecule has 2 aromatic carbocycles. The van der Waals surface area contributed by atoms with E-state index in [-0.39, 0.29) is 24.3 Å². The summed E-state index contributed by atoms with van der Waals surface area (Å²) in [6.07, 6.45) is 0.290. The first kappa shape index (κ1) is 20.7. The largest absolute Gasteiger partial charge is 0.352 e. The van der Waals surface area contributed by atoms with Crippen molar-refractivity contribution >= 4 is 11.8 Å². The van der Waals surface area contributed by atoms with Gasteiger partial charge < -0.3 is 10.2 Å². The first-order chi connectivity index (χ1) is 12.8. The molecule has 4 heteroatoms. The minimum absolute atomic E-state index is 0.0340. The van der Waals surface area contributed by atoms with Crippen LogP contribution in [-0.2, 0) is 22.6 Å². The molecule has 1 N–H and O–H groups in total. The van der Waals surface area contributed by atoms with Gasteiger partial charge >= 0.3 is 0 Å². The van der Waals surface area contributed by atoms with Crippen LogP contribution in [0.4, 0.5) is 0 Å². The molecule has 0 bridgehead atoms. The molecular formula is C23H30N2O2. The van der Waals surface area contributed by atoms with Crippen molar-refractivity contribution < 1.29 is 9.59 Å². The number of benzene rings is 2. The highest BCUT2D eigenvalue weighted by molar-refractivity contribution is 5.88. The Bertz CT molecular complexity index is 798. The summed E-state index contributed by atoms with van der Waals surface area (Å²) < 4.78 is 0. The van der Waals surface area contributed by atoms with Crippen molar-refractivity contribution in [3.8, 4) is 0 Å². The second kappa shape index (κ2) is 9.36. The Morgan fingerprint density at radius 1 is 0.889 bits per heavy atom. The van der Waals surface area contributed by atoms with Gasteiger partial charge in [0.2, 0.25) is 11.8 Å². The van der Waals surface area contributed by atoms with Crippen LogP contribution in [0.1, 0.15) is 43.0 Å². The number of aryl methyl sites for hydroxylation is 2. The molecule has 0 heterocycles. The molecule has 144 valence electrons. The van der Waals surface area contributed by atoms with Crippen molar-refractivity contribution in [2.24, 2.45) is 0 Å². The molecule has 2 aromatic rings. The van der Waals surface area contributed by atoms with Gasteiger partial charge in [-0.2, -0.15) is 0 Å². The fourth-order valence-electron chi connectivity index (χ4n) is 3.03. The maximum atomic E-state index is 13.2. The summed E-state index contributed by atoms with van der Waals surface area (Å²) in [4.78, 5) is 27.4. The van der Waals surface area contributed by atoms with E-state index in [1.54, 1.807) is 11.8 Å². The van der Waals surface area contributed by atoms with E-state index in [2.05, 4.69) is 5.32 Å². The van der Waals surface area contributed by atoms with Crippen LogP contribution in [0.2, 0.25) is 0 Å². The van der Waals surface area contributed by atoms with E-state index in [0.717, 1.165) is 22.3 Å². The summed E-state index contributed by atoms with van der Waals surface area (Å²) >= 11 is 0. The molecule has 2 amide bonds. The van der Waals surface area contributed by atoms with E-state index >= 15 is 0 Å². The lowest BCUT2D eigenvalue weighted by Gasteiger charge is -2.30. The lowest BCUT2D eigenvalue weighted by atomic mass is 10.0. The van der Waals surface area contributed by atoms with E-state index in [0.29, 0.717) is 6.54 Å². The number of nitrogens with one attached hydrogen (secondary N) is 1. The van der Waals surface area contributed by atoms with E-state index < -0.39 is 6.04 Å². The van der Waals surface area contributed by atoms with Gasteiger partial charge in [-0.1, -0.05) is 48.5 Å². The normalized spacial score (nSPS) is 11.9. The maximum Gasteiger partial charge on any atom is 0.242 e. The minimum Gasteiger partial charge on any atom is -0.352 e. The predicted molar refractivity (Wildman–Crippen MR) is 109 cm³/mol. The van der Waals surface area contributed by atoms with Crippen molar-refractivity contribution in [2.75, 3.05) is 0 Å². The average Bonchev–Trinajstić information content (AvgIpc) is 2.61. The third-order valence-electron chi connectivity index (χ3n) is 4.80. The van der Waals surface area contributed by atoms with Gasteiger partial charge in [0.15, 0.2) is 0 Å². The number of rotatable bonds is 7. The van der Waals surface area contributed by atoms with Crippen LogP contribution in [0.15, 0.2) is 48.5 Å². The first-order valence-corrected chi connectivity index (χ1v) is 9.48. The highest BCUT2D eigenvalue weighted by atomic mass is 16.2. The van der Waals surface area contributed by atoms with Crippen LogP contribution in [0.25, 0.3) is 0 Å². The monoisotopic (exact) mass is 366 g/mol. The summed E-state index contributed by atoms with van der Waals surface area (Å²) in [5.41, 5.74) is 4.25. The fourth-order valence-corrected chi connectivity index (χ4v) is 3.03. The van der Waals surface area contributed by atoms with Gasteiger partial charge in [0.1, 0.15) is 6.04 Å². The van der Waals surface area contributed by atoms with Crippen LogP contribution < -0.4 is 5.32 Å². The van der Waals surface area contributed by atoms with Gasteiger partial charge in [0.05, 0.1) is 6.42 Å². The Morgan fingerprint density at radius 2 is 1.41 bits per heavy atom. The summed E-state index contributed by atoms with van der Waals surface area (Å²) in [7, 11) is 0. The zero-order valence-electron chi connectivity index (χ0n) is 17.0.